The van der Waals surface area contributed by atoms with E-state index in [1.165, 1.54) is 17.4 Å². The average Bonchev–Trinajstić information content (AvgIpc) is 2.83. The zero-order chi connectivity index (χ0) is 13.1. The summed E-state index contributed by atoms with van der Waals surface area (Å²) >= 11 is 4.71. The summed E-state index contributed by atoms with van der Waals surface area (Å²) in [6.45, 7) is 1.94. The van der Waals surface area contributed by atoms with Crippen LogP contribution in [0.1, 0.15) is 24.3 Å². The number of aromatic nitrogens is 1. The van der Waals surface area contributed by atoms with Crippen molar-refractivity contribution in [3.8, 4) is 17.3 Å². The molecule has 1 aromatic carbocycles. The number of nitriles is 1. The molecule has 1 heterocycles. The topological polar surface area (TPSA) is 36.7 Å². The highest BCUT2D eigenvalue weighted by Crippen LogP contribution is 2.30. The Hall–Kier alpha value is -1.25. The molecule has 18 heavy (non-hydrogen) atoms. The summed E-state index contributed by atoms with van der Waals surface area (Å²) in [6, 6.07) is 6.95. The van der Waals surface area contributed by atoms with Crippen LogP contribution >= 0.6 is 27.3 Å². The molecule has 0 N–H and O–H groups in total. The van der Waals surface area contributed by atoms with Gasteiger partial charge in [-0.1, -0.05) is 22.9 Å². The van der Waals surface area contributed by atoms with Gasteiger partial charge in [0.1, 0.15) is 10.8 Å². The Morgan fingerprint density at radius 3 is 3.00 bits per heavy atom. The Labute approximate surface area is 117 Å². The summed E-state index contributed by atoms with van der Waals surface area (Å²) in [5.74, 6) is -0.515. The van der Waals surface area contributed by atoms with Crippen LogP contribution in [0.2, 0.25) is 0 Å². The van der Waals surface area contributed by atoms with E-state index in [9.17, 15) is 4.39 Å². The molecule has 0 aliphatic rings. The minimum atomic E-state index is -0.306. The lowest BCUT2D eigenvalue weighted by Gasteiger charge is -2.01. The van der Waals surface area contributed by atoms with Crippen LogP contribution in [0, 0.1) is 17.1 Å². The molecule has 0 bridgehead atoms. The first-order valence-corrected chi connectivity index (χ1v) is 7.13. The smallest absolute Gasteiger partial charge is 0.132 e. The monoisotopic (exact) mass is 324 g/mol. The van der Waals surface area contributed by atoms with E-state index in [-0.39, 0.29) is 11.7 Å². The third-order valence-electron chi connectivity index (χ3n) is 2.59. The third kappa shape index (κ3) is 2.60. The first-order valence-electron chi connectivity index (χ1n) is 5.46. The summed E-state index contributed by atoms with van der Waals surface area (Å²) in [5.41, 5.74) is 1.04. The maximum absolute atomic E-state index is 13.7. The van der Waals surface area contributed by atoms with Crippen molar-refractivity contribution < 1.29 is 4.39 Å². The second-order valence-corrected chi connectivity index (χ2v) is 5.59. The predicted molar refractivity (Wildman–Crippen MR) is 73.9 cm³/mol. The summed E-state index contributed by atoms with van der Waals surface area (Å²) in [4.78, 5) is 4.36. The van der Waals surface area contributed by atoms with Gasteiger partial charge in [-0.15, -0.1) is 11.3 Å². The molecule has 1 unspecified atom stereocenters. The van der Waals surface area contributed by atoms with Gasteiger partial charge in [0.25, 0.3) is 0 Å². The van der Waals surface area contributed by atoms with Crippen molar-refractivity contribution in [3.05, 3.63) is 38.9 Å². The molecule has 0 saturated carbocycles. The fraction of sp³-hybridized carbons (Fsp3) is 0.231. The van der Waals surface area contributed by atoms with Gasteiger partial charge in [0.15, 0.2) is 0 Å². The lowest BCUT2D eigenvalue weighted by molar-refractivity contribution is 0.630. The molecule has 1 atom stereocenters. The normalized spacial score (nSPS) is 12.1. The van der Waals surface area contributed by atoms with E-state index in [4.69, 9.17) is 5.26 Å². The van der Waals surface area contributed by atoms with E-state index in [0.717, 1.165) is 9.48 Å². The van der Waals surface area contributed by atoms with Crippen molar-refractivity contribution in [2.24, 2.45) is 0 Å². The molecular formula is C13H10BrFN2S. The molecule has 0 spiro atoms. The summed E-state index contributed by atoms with van der Waals surface area (Å²) < 4.78 is 14.5. The number of hydrogen-bond donors (Lipinski definition) is 0. The first-order chi connectivity index (χ1) is 8.65. The van der Waals surface area contributed by atoms with Gasteiger partial charge < -0.3 is 0 Å². The Morgan fingerprint density at radius 1 is 1.56 bits per heavy atom. The molecular weight excluding hydrogens is 315 g/mol. The minimum absolute atomic E-state index is 0.209. The molecule has 0 aliphatic carbocycles. The van der Waals surface area contributed by atoms with Gasteiger partial charge in [-0.25, -0.2) is 9.37 Å². The van der Waals surface area contributed by atoms with Crippen molar-refractivity contribution in [2.45, 2.75) is 19.3 Å². The molecule has 2 nitrogen and oxygen atoms in total. The second kappa shape index (κ2) is 5.59. The number of halogens is 2. The highest BCUT2D eigenvalue weighted by molar-refractivity contribution is 9.10. The minimum Gasteiger partial charge on any atom is -0.240 e. The van der Waals surface area contributed by atoms with E-state index in [0.29, 0.717) is 17.7 Å². The van der Waals surface area contributed by atoms with E-state index in [2.05, 4.69) is 27.0 Å². The quantitative estimate of drug-likeness (QED) is 0.818. The zero-order valence-electron chi connectivity index (χ0n) is 9.65. The van der Waals surface area contributed by atoms with Crippen LogP contribution in [-0.4, -0.2) is 4.98 Å². The third-order valence-corrected chi connectivity index (χ3v) is 4.04. The first kappa shape index (κ1) is 13.2. The predicted octanol–water partition coefficient (Wildman–Crippen LogP) is 4.73. The zero-order valence-corrected chi connectivity index (χ0v) is 12.1. The Kier molecular flexibility index (Phi) is 4.10. The van der Waals surface area contributed by atoms with Crippen molar-refractivity contribution in [1.29, 1.82) is 5.26 Å². The molecule has 0 radical (unpaired) electrons. The van der Waals surface area contributed by atoms with Crippen molar-refractivity contribution in [3.63, 3.8) is 0 Å². The molecule has 92 valence electrons. The van der Waals surface area contributed by atoms with Gasteiger partial charge >= 0.3 is 0 Å². The highest BCUT2D eigenvalue weighted by Gasteiger charge is 2.15. The Balaban J connectivity index is 2.41. The van der Waals surface area contributed by atoms with E-state index < -0.39 is 0 Å². The highest BCUT2D eigenvalue weighted by atomic mass is 79.9. The summed E-state index contributed by atoms with van der Waals surface area (Å²) in [6.07, 6.45) is 0.713. The van der Waals surface area contributed by atoms with E-state index >= 15 is 0 Å². The van der Waals surface area contributed by atoms with E-state index in [1.807, 2.05) is 6.92 Å². The van der Waals surface area contributed by atoms with Gasteiger partial charge in [-0.2, -0.15) is 5.26 Å². The van der Waals surface area contributed by atoms with E-state index in [1.54, 1.807) is 17.5 Å². The van der Waals surface area contributed by atoms with Crippen molar-refractivity contribution in [1.82, 2.24) is 4.98 Å². The lowest BCUT2D eigenvalue weighted by atomic mass is 10.1. The maximum atomic E-state index is 13.7. The molecule has 2 rings (SSSR count). The SMILES string of the molecule is CCC(C#N)c1nc(-c2cc(Br)ccc2F)cs1. The lowest BCUT2D eigenvalue weighted by Crippen LogP contribution is -1.93. The molecule has 0 fully saturated rings. The standard InChI is InChI=1S/C13H10BrFN2S/c1-2-8(6-16)13-17-12(7-18-13)10-5-9(14)3-4-11(10)15/h3-5,7-8H,2H2,1H3. The van der Waals surface area contributed by atoms with Crippen LogP contribution in [0.4, 0.5) is 4.39 Å². The maximum Gasteiger partial charge on any atom is 0.132 e. The van der Waals surface area contributed by atoms with Gasteiger partial charge in [-0.3, -0.25) is 0 Å². The summed E-state index contributed by atoms with van der Waals surface area (Å²) in [5, 5.41) is 11.5. The average molecular weight is 325 g/mol. The molecule has 5 heteroatoms. The van der Waals surface area contributed by atoms with Gasteiger partial charge in [0.05, 0.1) is 17.7 Å². The van der Waals surface area contributed by atoms with Crippen LogP contribution in [0.25, 0.3) is 11.3 Å². The molecule has 0 saturated heterocycles. The number of benzene rings is 1. The van der Waals surface area contributed by atoms with Crippen LogP contribution in [0.15, 0.2) is 28.1 Å². The Bertz CT molecular complexity index is 603. The van der Waals surface area contributed by atoms with Crippen molar-refractivity contribution in [2.75, 3.05) is 0 Å². The van der Waals surface area contributed by atoms with Gasteiger partial charge in [0.2, 0.25) is 0 Å². The fourth-order valence-corrected chi connectivity index (χ4v) is 2.89. The molecule has 2 aromatic rings. The summed E-state index contributed by atoms with van der Waals surface area (Å²) in [7, 11) is 0. The van der Waals surface area contributed by atoms with Gasteiger partial charge in [-0.05, 0) is 24.6 Å². The number of rotatable bonds is 3. The Morgan fingerprint density at radius 2 is 2.33 bits per heavy atom. The largest absolute Gasteiger partial charge is 0.240 e. The van der Waals surface area contributed by atoms with Crippen molar-refractivity contribution >= 4 is 27.3 Å². The molecule has 0 amide bonds. The van der Waals surface area contributed by atoms with Crippen LogP contribution in [-0.2, 0) is 0 Å². The van der Waals surface area contributed by atoms with Gasteiger partial charge in [0, 0.05) is 15.4 Å². The number of thiazole rings is 1. The van der Waals surface area contributed by atoms with Crippen LogP contribution < -0.4 is 0 Å². The molecule has 0 aliphatic heterocycles. The molecule has 1 aromatic heterocycles. The van der Waals surface area contributed by atoms with Crippen LogP contribution in [0.5, 0.6) is 0 Å². The second-order valence-electron chi connectivity index (χ2n) is 3.79. The fourth-order valence-electron chi connectivity index (χ4n) is 1.59. The number of nitrogens with zero attached hydrogens (tertiary/aromatic N) is 2. The number of hydrogen-bond acceptors (Lipinski definition) is 3. The van der Waals surface area contributed by atoms with Crippen LogP contribution in [0.3, 0.4) is 0 Å².